The van der Waals surface area contributed by atoms with Crippen LogP contribution < -0.4 is 10.1 Å². The van der Waals surface area contributed by atoms with Crippen LogP contribution in [0.25, 0.3) is 0 Å². The Labute approximate surface area is 125 Å². The number of carbonyl (C=O) groups is 2. The summed E-state index contributed by atoms with van der Waals surface area (Å²) in [6.07, 6.45) is 0. The largest absolute Gasteiger partial charge is 0.482 e. The molecule has 5 heteroatoms. The SMILES string of the molecule is Cc1cc(OCC(=O)O)ccc1NC(=O)C(C)C(C)(C)C. The normalized spacial score (nSPS) is 12.6. The number of amides is 1. The highest BCUT2D eigenvalue weighted by Crippen LogP contribution is 2.28. The zero-order valence-electron chi connectivity index (χ0n) is 13.2. The number of aryl methyl sites for hydroxylation is 1. The van der Waals surface area contributed by atoms with Gasteiger partial charge >= 0.3 is 5.97 Å². The first-order valence-electron chi connectivity index (χ1n) is 6.87. The zero-order chi connectivity index (χ0) is 16.2. The van der Waals surface area contributed by atoms with E-state index in [0.717, 1.165) is 5.56 Å². The molecule has 0 saturated carbocycles. The van der Waals surface area contributed by atoms with Gasteiger partial charge in [-0.15, -0.1) is 0 Å². The molecular formula is C16H23NO4. The van der Waals surface area contributed by atoms with Crippen molar-refractivity contribution in [1.82, 2.24) is 0 Å². The monoisotopic (exact) mass is 293 g/mol. The summed E-state index contributed by atoms with van der Waals surface area (Å²) < 4.78 is 5.10. The van der Waals surface area contributed by atoms with Crippen molar-refractivity contribution in [3.63, 3.8) is 0 Å². The number of rotatable bonds is 5. The first-order chi connectivity index (χ1) is 9.61. The molecule has 0 aromatic heterocycles. The molecule has 0 fully saturated rings. The highest BCUT2D eigenvalue weighted by molar-refractivity contribution is 5.93. The molecule has 5 nitrogen and oxygen atoms in total. The maximum absolute atomic E-state index is 12.2. The van der Waals surface area contributed by atoms with Gasteiger partial charge in [-0.25, -0.2) is 4.79 Å². The molecule has 0 saturated heterocycles. The summed E-state index contributed by atoms with van der Waals surface area (Å²) in [6, 6.07) is 5.08. The van der Waals surface area contributed by atoms with Gasteiger partial charge in [-0.3, -0.25) is 4.79 Å². The number of aliphatic carboxylic acids is 1. The van der Waals surface area contributed by atoms with Crippen molar-refractivity contribution in [2.45, 2.75) is 34.6 Å². The highest BCUT2D eigenvalue weighted by Gasteiger charge is 2.26. The molecule has 1 amide bonds. The number of ether oxygens (including phenoxy) is 1. The average Bonchev–Trinajstić information content (AvgIpc) is 2.37. The lowest BCUT2D eigenvalue weighted by Gasteiger charge is -2.26. The minimum Gasteiger partial charge on any atom is -0.482 e. The minimum absolute atomic E-state index is 0.0372. The summed E-state index contributed by atoms with van der Waals surface area (Å²) in [5, 5.41) is 11.5. The fourth-order valence-electron chi connectivity index (χ4n) is 1.65. The Morgan fingerprint density at radius 3 is 2.43 bits per heavy atom. The lowest BCUT2D eigenvalue weighted by molar-refractivity contribution is -0.139. The lowest BCUT2D eigenvalue weighted by Crippen LogP contribution is -2.31. The number of carboxylic acids is 1. The van der Waals surface area contributed by atoms with E-state index in [4.69, 9.17) is 9.84 Å². The van der Waals surface area contributed by atoms with Gasteiger partial charge in [0.2, 0.25) is 5.91 Å². The fourth-order valence-corrected chi connectivity index (χ4v) is 1.65. The molecular weight excluding hydrogens is 270 g/mol. The molecule has 2 N–H and O–H groups in total. The third-order valence-electron chi connectivity index (χ3n) is 3.51. The van der Waals surface area contributed by atoms with E-state index < -0.39 is 5.97 Å². The molecule has 0 aliphatic heterocycles. The molecule has 21 heavy (non-hydrogen) atoms. The molecule has 0 heterocycles. The van der Waals surface area contributed by atoms with E-state index in [1.165, 1.54) is 0 Å². The van der Waals surface area contributed by atoms with E-state index in [0.29, 0.717) is 11.4 Å². The molecule has 1 aromatic rings. The summed E-state index contributed by atoms with van der Waals surface area (Å²) in [5.74, 6) is -0.717. The standard InChI is InChI=1S/C16H23NO4/c1-10-8-12(21-9-14(18)19)6-7-13(10)17-15(20)11(2)16(3,4)5/h6-8,11H,9H2,1-5H3,(H,17,20)(H,18,19). The fraction of sp³-hybridized carbons (Fsp3) is 0.500. The van der Waals surface area contributed by atoms with Crippen molar-refractivity contribution >= 4 is 17.6 Å². The topological polar surface area (TPSA) is 75.6 Å². The number of hydrogen-bond acceptors (Lipinski definition) is 3. The lowest BCUT2D eigenvalue weighted by atomic mass is 9.81. The van der Waals surface area contributed by atoms with Gasteiger partial charge in [0.15, 0.2) is 6.61 Å². The van der Waals surface area contributed by atoms with Crippen LogP contribution in [0.1, 0.15) is 33.3 Å². The molecule has 1 rings (SSSR count). The molecule has 0 bridgehead atoms. The zero-order valence-corrected chi connectivity index (χ0v) is 13.2. The molecule has 1 unspecified atom stereocenters. The molecule has 1 atom stereocenters. The Kier molecular flexibility index (Phi) is 5.35. The maximum Gasteiger partial charge on any atom is 0.341 e. The van der Waals surface area contributed by atoms with Gasteiger partial charge < -0.3 is 15.2 Å². The van der Waals surface area contributed by atoms with Gasteiger partial charge in [0, 0.05) is 11.6 Å². The van der Waals surface area contributed by atoms with Crippen molar-refractivity contribution in [1.29, 1.82) is 0 Å². The number of hydrogen-bond donors (Lipinski definition) is 2. The van der Waals surface area contributed by atoms with Crippen LogP contribution in [0.2, 0.25) is 0 Å². The highest BCUT2D eigenvalue weighted by atomic mass is 16.5. The van der Waals surface area contributed by atoms with Crippen LogP contribution in [-0.4, -0.2) is 23.6 Å². The summed E-state index contributed by atoms with van der Waals surface area (Å²) in [5.41, 5.74) is 1.42. The van der Waals surface area contributed by atoms with Gasteiger partial charge in [0.05, 0.1) is 0 Å². The third kappa shape index (κ3) is 5.10. The third-order valence-corrected chi connectivity index (χ3v) is 3.51. The average molecular weight is 293 g/mol. The number of benzene rings is 1. The second-order valence-corrected chi connectivity index (χ2v) is 6.24. The van der Waals surface area contributed by atoms with Crippen molar-refractivity contribution in [3.05, 3.63) is 23.8 Å². The van der Waals surface area contributed by atoms with Crippen LogP contribution in [0.3, 0.4) is 0 Å². The van der Waals surface area contributed by atoms with Crippen LogP contribution in [-0.2, 0) is 9.59 Å². The van der Waals surface area contributed by atoms with Crippen LogP contribution in [0.5, 0.6) is 5.75 Å². The molecule has 116 valence electrons. The quantitative estimate of drug-likeness (QED) is 0.874. The predicted molar refractivity (Wildman–Crippen MR) is 81.6 cm³/mol. The second-order valence-electron chi connectivity index (χ2n) is 6.24. The maximum atomic E-state index is 12.2. The number of anilines is 1. The number of nitrogens with one attached hydrogen (secondary N) is 1. The van der Waals surface area contributed by atoms with E-state index in [1.807, 2.05) is 34.6 Å². The van der Waals surface area contributed by atoms with E-state index in [-0.39, 0.29) is 23.8 Å². The molecule has 0 aliphatic carbocycles. The molecule has 0 aliphatic rings. The van der Waals surface area contributed by atoms with Crippen molar-refractivity contribution < 1.29 is 19.4 Å². The van der Waals surface area contributed by atoms with Crippen LogP contribution in [0.15, 0.2) is 18.2 Å². The van der Waals surface area contributed by atoms with E-state index in [1.54, 1.807) is 18.2 Å². The van der Waals surface area contributed by atoms with Crippen molar-refractivity contribution in [2.75, 3.05) is 11.9 Å². The Bertz CT molecular complexity index is 532. The number of carbonyl (C=O) groups excluding carboxylic acids is 1. The van der Waals surface area contributed by atoms with Crippen LogP contribution in [0.4, 0.5) is 5.69 Å². The van der Waals surface area contributed by atoms with Crippen molar-refractivity contribution in [3.8, 4) is 5.75 Å². The summed E-state index contributed by atoms with van der Waals surface area (Å²) in [7, 11) is 0. The molecule has 0 spiro atoms. The van der Waals surface area contributed by atoms with E-state index >= 15 is 0 Å². The second kappa shape index (κ2) is 6.61. The van der Waals surface area contributed by atoms with E-state index in [2.05, 4.69) is 5.32 Å². The molecule has 0 radical (unpaired) electrons. The van der Waals surface area contributed by atoms with Crippen LogP contribution in [0, 0.1) is 18.3 Å². The number of carboxylic acid groups (broad SMARTS) is 1. The van der Waals surface area contributed by atoms with Gasteiger partial charge in [0.25, 0.3) is 0 Å². The Morgan fingerprint density at radius 1 is 1.33 bits per heavy atom. The predicted octanol–water partition coefficient (Wildman–Crippen LogP) is 3.08. The van der Waals surface area contributed by atoms with Crippen molar-refractivity contribution in [2.24, 2.45) is 11.3 Å². The minimum atomic E-state index is -1.02. The van der Waals surface area contributed by atoms with Gasteiger partial charge in [0.1, 0.15) is 5.75 Å². The summed E-state index contributed by atoms with van der Waals surface area (Å²) in [6.45, 7) is 9.42. The van der Waals surface area contributed by atoms with Crippen LogP contribution >= 0.6 is 0 Å². The van der Waals surface area contributed by atoms with Gasteiger partial charge in [-0.1, -0.05) is 27.7 Å². The summed E-state index contributed by atoms with van der Waals surface area (Å²) in [4.78, 5) is 22.6. The molecule has 1 aromatic carbocycles. The first-order valence-corrected chi connectivity index (χ1v) is 6.87. The Morgan fingerprint density at radius 2 is 1.95 bits per heavy atom. The Balaban J connectivity index is 2.77. The smallest absolute Gasteiger partial charge is 0.341 e. The first kappa shape index (κ1) is 17.0. The summed E-state index contributed by atoms with van der Waals surface area (Å²) >= 11 is 0. The van der Waals surface area contributed by atoms with Gasteiger partial charge in [-0.05, 0) is 36.1 Å². The van der Waals surface area contributed by atoms with E-state index in [9.17, 15) is 9.59 Å². The van der Waals surface area contributed by atoms with Gasteiger partial charge in [-0.2, -0.15) is 0 Å². The Hall–Kier alpha value is -2.04.